The lowest BCUT2D eigenvalue weighted by molar-refractivity contribution is 0.469. The molecule has 5 nitrogen and oxygen atoms in total. The summed E-state index contributed by atoms with van der Waals surface area (Å²) in [5.74, 6) is 0.894. The first kappa shape index (κ1) is 14.6. The van der Waals surface area contributed by atoms with Gasteiger partial charge in [-0.3, -0.25) is 9.39 Å². The molecule has 0 amide bonds. The standard InChI is InChI=1S/C14H21N5S/c1-4-5-6-7-18(3)13(15-2)16-10-12-11-19-8-9-20-14(19)17-12/h4,8-9,11H,1,5-7,10H2,2-3H3,(H,15,16). The maximum Gasteiger partial charge on any atom is 0.193 e. The number of imidazole rings is 1. The molecule has 6 heteroatoms. The van der Waals surface area contributed by atoms with E-state index in [4.69, 9.17) is 0 Å². The molecule has 0 aromatic carbocycles. The van der Waals surface area contributed by atoms with Crippen LogP contribution in [-0.4, -0.2) is 40.9 Å². The van der Waals surface area contributed by atoms with Crippen molar-refractivity contribution in [1.82, 2.24) is 19.6 Å². The summed E-state index contributed by atoms with van der Waals surface area (Å²) in [5.41, 5.74) is 1.03. The van der Waals surface area contributed by atoms with Gasteiger partial charge in [0.1, 0.15) is 0 Å². The van der Waals surface area contributed by atoms with Gasteiger partial charge >= 0.3 is 0 Å². The molecule has 2 rings (SSSR count). The molecule has 2 aromatic rings. The predicted molar refractivity (Wildman–Crippen MR) is 85.3 cm³/mol. The molecule has 0 bridgehead atoms. The summed E-state index contributed by atoms with van der Waals surface area (Å²) < 4.78 is 2.04. The SMILES string of the molecule is C=CCCCN(C)C(=NC)NCc1cn2ccsc2n1. The smallest absolute Gasteiger partial charge is 0.193 e. The third kappa shape index (κ3) is 3.60. The lowest BCUT2D eigenvalue weighted by Gasteiger charge is -2.21. The number of aliphatic imine (C=N–C) groups is 1. The molecule has 0 aliphatic carbocycles. The Morgan fingerprint density at radius 2 is 2.50 bits per heavy atom. The van der Waals surface area contributed by atoms with E-state index >= 15 is 0 Å². The number of nitrogens with one attached hydrogen (secondary N) is 1. The topological polar surface area (TPSA) is 44.9 Å². The monoisotopic (exact) mass is 291 g/mol. The predicted octanol–water partition coefficient (Wildman–Crippen LogP) is 2.37. The van der Waals surface area contributed by atoms with Crippen molar-refractivity contribution in [1.29, 1.82) is 0 Å². The minimum Gasteiger partial charge on any atom is -0.351 e. The van der Waals surface area contributed by atoms with Crippen molar-refractivity contribution in [3.05, 3.63) is 36.1 Å². The fourth-order valence-corrected chi connectivity index (χ4v) is 2.71. The van der Waals surface area contributed by atoms with Gasteiger partial charge in [-0.15, -0.1) is 17.9 Å². The molecule has 0 radical (unpaired) electrons. The van der Waals surface area contributed by atoms with Crippen LogP contribution in [0.1, 0.15) is 18.5 Å². The Balaban J connectivity index is 1.87. The molecule has 0 fully saturated rings. The number of hydrogen-bond donors (Lipinski definition) is 1. The zero-order valence-corrected chi connectivity index (χ0v) is 12.9. The second kappa shape index (κ2) is 7.09. The van der Waals surface area contributed by atoms with Gasteiger partial charge in [0, 0.05) is 38.4 Å². The van der Waals surface area contributed by atoms with Crippen LogP contribution >= 0.6 is 11.3 Å². The summed E-state index contributed by atoms with van der Waals surface area (Å²) in [6.45, 7) is 5.39. The van der Waals surface area contributed by atoms with Crippen molar-refractivity contribution in [2.24, 2.45) is 4.99 Å². The minimum absolute atomic E-state index is 0.687. The van der Waals surface area contributed by atoms with Crippen LogP contribution in [0, 0.1) is 0 Å². The van der Waals surface area contributed by atoms with Crippen LogP contribution in [-0.2, 0) is 6.54 Å². The number of unbranched alkanes of at least 4 members (excludes halogenated alkanes) is 1. The highest BCUT2D eigenvalue weighted by Crippen LogP contribution is 2.11. The first-order valence-corrected chi connectivity index (χ1v) is 7.56. The van der Waals surface area contributed by atoms with Crippen LogP contribution < -0.4 is 5.32 Å². The minimum atomic E-state index is 0.687. The van der Waals surface area contributed by atoms with Crippen LogP contribution in [0.25, 0.3) is 4.96 Å². The van der Waals surface area contributed by atoms with Gasteiger partial charge in [-0.25, -0.2) is 4.98 Å². The molecule has 0 aliphatic rings. The van der Waals surface area contributed by atoms with Gasteiger partial charge in [-0.05, 0) is 12.8 Å². The molecule has 2 aromatic heterocycles. The van der Waals surface area contributed by atoms with E-state index in [1.165, 1.54) is 0 Å². The van der Waals surface area contributed by atoms with Gasteiger partial charge in [0.15, 0.2) is 10.9 Å². The average Bonchev–Trinajstić information content (AvgIpc) is 3.00. The molecule has 0 saturated carbocycles. The Morgan fingerprint density at radius 1 is 1.65 bits per heavy atom. The molecular weight excluding hydrogens is 270 g/mol. The van der Waals surface area contributed by atoms with E-state index in [1.54, 1.807) is 18.4 Å². The lowest BCUT2D eigenvalue weighted by Crippen LogP contribution is -2.39. The number of nitrogens with zero attached hydrogens (tertiary/aromatic N) is 4. The number of fused-ring (bicyclic) bond motifs is 1. The number of allylic oxidation sites excluding steroid dienone is 1. The van der Waals surface area contributed by atoms with Gasteiger partial charge in [-0.2, -0.15) is 0 Å². The second-order valence-electron chi connectivity index (χ2n) is 4.58. The molecule has 0 spiro atoms. The van der Waals surface area contributed by atoms with E-state index in [2.05, 4.69) is 26.8 Å². The van der Waals surface area contributed by atoms with Crippen LogP contribution in [0.3, 0.4) is 0 Å². The highest BCUT2D eigenvalue weighted by molar-refractivity contribution is 7.15. The van der Waals surface area contributed by atoms with Crippen molar-refractivity contribution in [2.45, 2.75) is 19.4 Å². The van der Waals surface area contributed by atoms with Crippen molar-refractivity contribution in [2.75, 3.05) is 20.6 Å². The summed E-state index contributed by atoms with van der Waals surface area (Å²) in [4.78, 5) is 12.0. The Labute approximate surface area is 123 Å². The van der Waals surface area contributed by atoms with E-state index in [9.17, 15) is 0 Å². The molecular formula is C14H21N5S. The molecule has 0 atom stereocenters. The van der Waals surface area contributed by atoms with Crippen molar-refractivity contribution >= 4 is 22.3 Å². The van der Waals surface area contributed by atoms with Gasteiger partial charge in [0.05, 0.1) is 12.2 Å². The number of hydrogen-bond acceptors (Lipinski definition) is 3. The Hall–Kier alpha value is -1.82. The highest BCUT2D eigenvalue weighted by Gasteiger charge is 2.07. The first-order chi connectivity index (χ1) is 9.74. The van der Waals surface area contributed by atoms with Crippen LogP contribution in [0.5, 0.6) is 0 Å². The largest absolute Gasteiger partial charge is 0.351 e. The molecule has 2 heterocycles. The third-order valence-electron chi connectivity index (χ3n) is 3.05. The lowest BCUT2D eigenvalue weighted by atomic mass is 10.3. The Bertz CT molecular complexity index is 555. The normalized spacial score (nSPS) is 11.8. The van der Waals surface area contributed by atoms with Gasteiger partial charge in [-0.1, -0.05) is 6.08 Å². The first-order valence-electron chi connectivity index (χ1n) is 6.68. The second-order valence-corrected chi connectivity index (χ2v) is 5.45. The summed E-state index contributed by atoms with van der Waals surface area (Å²) in [5, 5.41) is 5.38. The zero-order chi connectivity index (χ0) is 14.4. The van der Waals surface area contributed by atoms with Gasteiger partial charge in [0.25, 0.3) is 0 Å². The fourth-order valence-electron chi connectivity index (χ4n) is 1.99. The van der Waals surface area contributed by atoms with Crippen molar-refractivity contribution in [3.63, 3.8) is 0 Å². The maximum atomic E-state index is 4.55. The molecule has 0 saturated heterocycles. The van der Waals surface area contributed by atoms with Crippen molar-refractivity contribution in [3.8, 4) is 0 Å². The van der Waals surface area contributed by atoms with E-state index in [0.717, 1.165) is 36.0 Å². The van der Waals surface area contributed by atoms with Gasteiger partial charge in [0.2, 0.25) is 0 Å². The third-order valence-corrected chi connectivity index (χ3v) is 3.82. The van der Waals surface area contributed by atoms with Crippen LogP contribution in [0.4, 0.5) is 0 Å². The summed E-state index contributed by atoms with van der Waals surface area (Å²) in [6.07, 6.45) is 8.12. The summed E-state index contributed by atoms with van der Waals surface area (Å²) in [6, 6.07) is 0. The van der Waals surface area contributed by atoms with Crippen LogP contribution in [0.15, 0.2) is 35.4 Å². The Morgan fingerprint density at radius 3 is 3.20 bits per heavy atom. The highest BCUT2D eigenvalue weighted by atomic mass is 32.1. The molecule has 1 N–H and O–H groups in total. The molecule has 108 valence electrons. The maximum absolute atomic E-state index is 4.55. The summed E-state index contributed by atoms with van der Waals surface area (Å²) in [7, 11) is 3.85. The number of guanidine groups is 1. The number of rotatable bonds is 6. The molecule has 0 aliphatic heterocycles. The molecule has 0 unspecified atom stereocenters. The average molecular weight is 291 g/mol. The number of aromatic nitrogens is 2. The zero-order valence-electron chi connectivity index (χ0n) is 12.0. The molecule has 20 heavy (non-hydrogen) atoms. The quantitative estimate of drug-likeness (QED) is 0.385. The van der Waals surface area contributed by atoms with E-state index in [0.29, 0.717) is 6.54 Å². The van der Waals surface area contributed by atoms with Crippen molar-refractivity contribution < 1.29 is 0 Å². The van der Waals surface area contributed by atoms with E-state index in [-0.39, 0.29) is 0 Å². The van der Waals surface area contributed by atoms with Gasteiger partial charge < -0.3 is 10.2 Å². The van der Waals surface area contributed by atoms with E-state index < -0.39 is 0 Å². The van der Waals surface area contributed by atoms with E-state index in [1.807, 2.05) is 35.3 Å². The number of thiazole rings is 1. The summed E-state index contributed by atoms with van der Waals surface area (Å²) >= 11 is 1.64. The van der Waals surface area contributed by atoms with Crippen LogP contribution in [0.2, 0.25) is 0 Å². The fraction of sp³-hybridized carbons (Fsp3) is 0.429. The Kier molecular flexibility index (Phi) is 5.17.